The smallest absolute Gasteiger partial charge is 0.404 e. The van der Waals surface area contributed by atoms with Crippen LogP contribution in [0.2, 0.25) is 5.02 Å². The number of amides is 1. The fraction of sp³-hybridized carbons (Fsp3) is 0.476. The Morgan fingerprint density at radius 1 is 1.22 bits per heavy atom. The van der Waals surface area contributed by atoms with Crippen molar-refractivity contribution in [3.8, 4) is 11.8 Å². The molecule has 2 aromatic rings. The van der Waals surface area contributed by atoms with Gasteiger partial charge in [0.1, 0.15) is 17.8 Å². The van der Waals surface area contributed by atoms with Crippen molar-refractivity contribution in [1.82, 2.24) is 20.4 Å². The molecule has 0 unspecified atom stereocenters. The van der Waals surface area contributed by atoms with Crippen molar-refractivity contribution in [2.45, 2.75) is 62.9 Å². The van der Waals surface area contributed by atoms with Gasteiger partial charge in [-0.25, -0.2) is 8.78 Å². The Morgan fingerprint density at radius 2 is 1.89 bits per heavy atom. The lowest BCUT2D eigenvalue weighted by Gasteiger charge is -2.21. The van der Waals surface area contributed by atoms with Gasteiger partial charge in [-0.15, -0.1) is 13.2 Å². The van der Waals surface area contributed by atoms with Crippen LogP contribution in [0.25, 0.3) is 0 Å². The van der Waals surface area contributed by atoms with Crippen molar-refractivity contribution in [3.05, 3.63) is 46.2 Å². The molecular weight excluding hydrogens is 542 g/mol. The zero-order valence-electron chi connectivity index (χ0n) is 18.6. The van der Waals surface area contributed by atoms with Crippen LogP contribution < -0.4 is 15.4 Å². The van der Waals surface area contributed by atoms with E-state index in [0.29, 0.717) is 23.6 Å². The van der Waals surface area contributed by atoms with Gasteiger partial charge in [0.2, 0.25) is 5.91 Å². The summed E-state index contributed by atoms with van der Waals surface area (Å²) >= 11 is 5.85. The summed E-state index contributed by atoms with van der Waals surface area (Å²) in [6, 6.07) is 4.47. The molecule has 1 atom stereocenters. The van der Waals surface area contributed by atoms with Crippen molar-refractivity contribution < 1.29 is 44.7 Å². The zero-order chi connectivity index (χ0) is 27.6. The topological polar surface area (TPSA) is 92.0 Å². The summed E-state index contributed by atoms with van der Waals surface area (Å²) < 4.78 is 107. The molecule has 1 aliphatic carbocycles. The fourth-order valence-electron chi connectivity index (χ4n) is 3.34. The van der Waals surface area contributed by atoms with E-state index in [1.807, 2.05) is 6.07 Å². The van der Waals surface area contributed by atoms with Crippen LogP contribution >= 0.6 is 11.6 Å². The molecule has 1 aromatic heterocycles. The molecule has 0 spiro atoms. The Labute approximate surface area is 209 Å². The number of ether oxygens (including phenoxy) is 1. The predicted octanol–water partition coefficient (Wildman–Crippen LogP) is 4.59. The average molecular weight is 560 g/mol. The summed E-state index contributed by atoms with van der Waals surface area (Å²) in [6.07, 6.45) is -12.4. The van der Waals surface area contributed by atoms with Crippen molar-refractivity contribution in [1.29, 1.82) is 5.26 Å². The highest BCUT2D eigenvalue weighted by Gasteiger charge is 2.45. The molecule has 1 heterocycles. The second-order valence-corrected chi connectivity index (χ2v) is 8.63. The highest BCUT2D eigenvalue weighted by Crippen LogP contribution is 2.35. The summed E-state index contributed by atoms with van der Waals surface area (Å²) in [5.74, 6) is -1.43. The van der Waals surface area contributed by atoms with Gasteiger partial charge in [0.25, 0.3) is 6.43 Å². The third kappa shape index (κ3) is 7.93. The maximum Gasteiger partial charge on any atom is 0.573 e. The number of benzene rings is 1. The zero-order valence-corrected chi connectivity index (χ0v) is 19.3. The minimum absolute atomic E-state index is 0.228. The summed E-state index contributed by atoms with van der Waals surface area (Å²) in [5, 5.41) is 17.2. The van der Waals surface area contributed by atoms with Crippen molar-refractivity contribution in [2.75, 3.05) is 0 Å². The van der Waals surface area contributed by atoms with Crippen molar-refractivity contribution in [3.63, 3.8) is 0 Å². The Balaban J connectivity index is 1.83. The maximum absolute atomic E-state index is 13.1. The number of alkyl halides is 8. The van der Waals surface area contributed by atoms with Crippen molar-refractivity contribution in [2.24, 2.45) is 0 Å². The van der Waals surface area contributed by atoms with Crippen LogP contribution in [-0.2, 0) is 30.5 Å². The lowest BCUT2D eigenvalue weighted by Crippen LogP contribution is -2.49. The van der Waals surface area contributed by atoms with Gasteiger partial charge < -0.3 is 10.1 Å². The molecule has 0 saturated heterocycles. The highest BCUT2D eigenvalue weighted by molar-refractivity contribution is 6.32. The summed E-state index contributed by atoms with van der Waals surface area (Å²) in [6.45, 7) is -1.63. The first-order chi connectivity index (χ1) is 17.1. The van der Waals surface area contributed by atoms with E-state index in [-0.39, 0.29) is 17.7 Å². The maximum atomic E-state index is 13.1. The van der Waals surface area contributed by atoms with E-state index in [4.69, 9.17) is 11.6 Å². The average Bonchev–Trinajstić information content (AvgIpc) is 3.42. The van der Waals surface area contributed by atoms with E-state index < -0.39 is 66.0 Å². The first-order valence-electron chi connectivity index (χ1n) is 10.5. The minimum atomic E-state index is -5.00. The van der Waals surface area contributed by atoms with Gasteiger partial charge in [0.15, 0.2) is 5.69 Å². The quantitative estimate of drug-likeness (QED) is 0.416. The van der Waals surface area contributed by atoms with E-state index in [9.17, 15) is 45.2 Å². The summed E-state index contributed by atoms with van der Waals surface area (Å²) in [4.78, 5) is 12.9. The van der Waals surface area contributed by atoms with E-state index in [1.54, 1.807) is 0 Å². The number of hydrogen-bond donors (Lipinski definition) is 2. The van der Waals surface area contributed by atoms with Crippen LogP contribution in [0.3, 0.4) is 0 Å². The molecular formula is C21H18ClF8N5O2. The van der Waals surface area contributed by atoms with Gasteiger partial charge in [-0.05, 0) is 43.0 Å². The molecule has 0 bridgehead atoms. The van der Waals surface area contributed by atoms with Gasteiger partial charge >= 0.3 is 12.5 Å². The Bertz CT molecular complexity index is 1170. The molecule has 7 nitrogen and oxygen atoms in total. The van der Waals surface area contributed by atoms with Gasteiger partial charge in [-0.3, -0.25) is 14.8 Å². The monoisotopic (exact) mass is 559 g/mol. The van der Waals surface area contributed by atoms with Crippen LogP contribution in [0.15, 0.2) is 24.3 Å². The van der Waals surface area contributed by atoms with Crippen molar-refractivity contribution >= 4 is 17.5 Å². The molecule has 3 rings (SSSR count). The number of halogens is 9. The van der Waals surface area contributed by atoms with E-state index in [0.717, 1.165) is 12.1 Å². The third-order valence-corrected chi connectivity index (χ3v) is 5.59. The normalized spacial score (nSPS) is 15.8. The lowest BCUT2D eigenvalue weighted by molar-refractivity contribution is -0.274. The van der Waals surface area contributed by atoms with Crippen LogP contribution in [0, 0.1) is 11.3 Å². The predicted molar refractivity (Wildman–Crippen MR) is 111 cm³/mol. The van der Waals surface area contributed by atoms with Gasteiger partial charge in [0.05, 0.1) is 22.8 Å². The third-order valence-electron chi connectivity index (χ3n) is 5.30. The highest BCUT2D eigenvalue weighted by atomic mass is 35.5. The number of carbonyl (C=O) groups is 1. The Morgan fingerprint density at radius 3 is 2.41 bits per heavy atom. The summed E-state index contributed by atoms with van der Waals surface area (Å²) in [5.41, 5.74) is -2.57. The van der Waals surface area contributed by atoms with E-state index >= 15 is 0 Å². The van der Waals surface area contributed by atoms with Crippen LogP contribution in [-0.4, -0.2) is 40.1 Å². The van der Waals surface area contributed by atoms with E-state index in [2.05, 4.69) is 20.5 Å². The molecule has 1 aromatic carbocycles. The largest absolute Gasteiger partial charge is 0.573 e. The molecule has 202 valence electrons. The number of hydrogen-bond acceptors (Lipinski definition) is 5. The number of nitrogens with zero attached hydrogens (tertiary/aromatic N) is 3. The van der Waals surface area contributed by atoms with Crippen LogP contribution in [0.1, 0.15) is 29.8 Å². The molecule has 37 heavy (non-hydrogen) atoms. The minimum Gasteiger partial charge on any atom is -0.404 e. The van der Waals surface area contributed by atoms with Gasteiger partial charge in [0, 0.05) is 6.54 Å². The number of carbonyl (C=O) groups excluding carboxylic acids is 1. The molecule has 1 saturated carbocycles. The number of aromatic nitrogens is 2. The molecule has 1 aliphatic rings. The Kier molecular flexibility index (Phi) is 8.23. The fourth-order valence-corrected chi connectivity index (χ4v) is 3.58. The number of rotatable bonds is 10. The molecule has 0 aliphatic heterocycles. The van der Waals surface area contributed by atoms with Gasteiger partial charge in [-0.1, -0.05) is 17.7 Å². The van der Waals surface area contributed by atoms with Crippen LogP contribution in [0.4, 0.5) is 35.1 Å². The Hall–Kier alpha value is -3.12. The standard InChI is InChI=1S/C21H18ClF8N5O2/c22-13-5-11(1-2-15(13)37-21(28,29)30)6-14(18(36)33-19(10-31)3-4-19)32-8-12-7-16(20(25,26)27)34-35(12)9-17(23)24/h1-2,5,7,14,17,32H,3-4,6,8-9H2,(H,33,36)/t14-/m0/s1. The number of nitrogens with one attached hydrogen (secondary N) is 2. The SMILES string of the molecule is N#CC1(NC(=O)[C@H](Cc2ccc(OC(F)(F)F)c(Cl)c2)NCc2cc(C(F)(F)F)nn2CC(F)F)CC1. The molecule has 2 N–H and O–H groups in total. The molecule has 16 heteroatoms. The number of nitriles is 1. The van der Waals surface area contributed by atoms with Gasteiger partial charge in [-0.2, -0.15) is 23.5 Å². The second kappa shape index (κ2) is 10.7. The molecule has 1 fully saturated rings. The first kappa shape index (κ1) is 28.5. The molecule has 0 radical (unpaired) electrons. The second-order valence-electron chi connectivity index (χ2n) is 8.23. The van der Waals surface area contributed by atoms with E-state index in [1.165, 1.54) is 6.07 Å². The first-order valence-corrected chi connectivity index (χ1v) is 10.9. The molecule has 1 amide bonds. The summed E-state index contributed by atoms with van der Waals surface area (Å²) in [7, 11) is 0. The lowest BCUT2D eigenvalue weighted by atomic mass is 10.0. The van der Waals surface area contributed by atoms with Crippen LogP contribution in [0.5, 0.6) is 5.75 Å².